The van der Waals surface area contributed by atoms with E-state index in [1.54, 1.807) is 12.0 Å². The van der Waals surface area contributed by atoms with Crippen molar-refractivity contribution >= 4 is 35.6 Å². The molecule has 0 aromatic heterocycles. The molecule has 14 nitrogen and oxygen atoms in total. The number of fused-ring (bicyclic) bond motifs is 2. The van der Waals surface area contributed by atoms with Crippen molar-refractivity contribution in [2.75, 3.05) is 26.0 Å². The lowest BCUT2D eigenvalue weighted by molar-refractivity contribution is -0.145. The number of carboxylic acid groups (broad SMARTS) is 1. The zero-order chi connectivity index (χ0) is 35.6. The van der Waals surface area contributed by atoms with Crippen LogP contribution < -0.4 is 32.1 Å². The molecule has 3 saturated heterocycles. The van der Waals surface area contributed by atoms with E-state index in [-0.39, 0.29) is 41.9 Å². The van der Waals surface area contributed by atoms with E-state index >= 15 is 0 Å². The van der Waals surface area contributed by atoms with Gasteiger partial charge in [0.05, 0.1) is 23.6 Å². The van der Waals surface area contributed by atoms with Crippen molar-refractivity contribution in [3.05, 3.63) is 12.2 Å². The summed E-state index contributed by atoms with van der Waals surface area (Å²) in [7, 11) is 1.79. The highest BCUT2D eigenvalue weighted by Crippen LogP contribution is 2.45. The van der Waals surface area contributed by atoms with Crippen molar-refractivity contribution in [2.24, 2.45) is 11.8 Å². The number of aliphatic carboxylic acids is 1. The van der Waals surface area contributed by atoms with E-state index in [1.807, 2.05) is 49.8 Å². The molecular formula is C35H58N8O6S. The summed E-state index contributed by atoms with van der Waals surface area (Å²) in [6.07, 6.45) is 12.7. The Balaban J connectivity index is 1.25. The van der Waals surface area contributed by atoms with Crippen LogP contribution in [-0.2, 0) is 19.1 Å². The molecule has 4 aliphatic heterocycles. The zero-order valence-corrected chi connectivity index (χ0v) is 30.9. The minimum atomic E-state index is -1.38. The molecule has 3 unspecified atom stereocenters. The van der Waals surface area contributed by atoms with Crippen molar-refractivity contribution in [2.45, 2.75) is 144 Å². The van der Waals surface area contributed by atoms with Crippen LogP contribution in [0.4, 0.5) is 4.79 Å². The number of methoxy groups -OCH3 is 1. The van der Waals surface area contributed by atoms with Gasteiger partial charge in [-0.05, 0) is 84.5 Å². The molecule has 4 amide bonds. The summed E-state index contributed by atoms with van der Waals surface area (Å²) >= 11 is 1.91. The molecule has 5 fully saturated rings. The van der Waals surface area contributed by atoms with Crippen LogP contribution in [0.2, 0.25) is 0 Å². The van der Waals surface area contributed by atoms with Gasteiger partial charge in [0.15, 0.2) is 0 Å². The van der Waals surface area contributed by atoms with Gasteiger partial charge < -0.3 is 36.0 Å². The summed E-state index contributed by atoms with van der Waals surface area (Å²) < 4.78 is 5.66. The lowest BCUT2D eigenvalue weighted by Crippen LogP contribution is -2.58. The van der Waals surface area contributed by atoms with Gasteiger partial charge in [-0.3, -0.25) is 9.59 Å². The second kappa shape index (κ2) is 15.7. The number of carbonyl (C=O) groups is 4. The number of carboxylic acids is 1. The maximum Gasteiger partial charge on any atom is 0.330 e. The highest BCUT2D eigenvalue weighted by atomic mass is 32.2. The number of urea groups is 1. The van der Waals surface area contributed by atoms with Crippen LogP contribution in [-0.4, -0.2) is 118 Å². The van der Waals surface area contributed by atoms with Crippen molar-refractivity contribution in [1.29, 1.82) is 0 Å². The van der Waals surface area contributed by atoms with Gasteiger partial charge in [0.1, 0.15) is 17.6 Å². The molecule has 0 aromatic rings. The minimum absolute atomic E-state index is 0.110. The minimum Gasteiger partial charge on any atom is -0.479 e. The third kappa shape index (κ3) is 8.44. The standard InChI is InChI=1S/C35H58N8O6S/c1-34(2,3)39-33(48)37-25-11-9-7-5-6-8-10-22-19-35(22,32(46)47)38-29(44)26-18-23(20-42(26)31(25)45)43-40-27(21-12-14-24(49-4)15-13-21)28(41-43)30-36-16-17-50-30/h8,10,21-28,30,36,40-41H,5-7,9,11-20H2,1-4H3,(H,38,44)(H,46,47)(H2,37,39,48)/b10-8-/t21?,22-,23-,24?,25+,26+,27?,28?,30?,35-/m1/s1. The number of allylic oxidation sites excluding steroid dienone is 1. The second-order valence-electron chi connectivity index (χ2n) is 16.1. The normalized spacial score (nSPS) is 39.4. The third-order valence-corrected chi connectivity index (χ3v) is 12.6. The van der Waals surface area contributed by atoms with E-state index in [1.165, 1.54) is 0 Å². The second-order valence-corrected chi connectivity index (χ2v) is 17.4. The first-order valence-corrected chi connectivity index (χ1v) is 19.7. The number of rotatable bonds is 6. The molecule has 50 heavy (non-hydrogen) atoms. The van der Waals surface area contributed by atoms with Gasteiger partial charge in [0.25, 0.3) is 0 Å². The number of hydrogen-bond acceptors (Lipinski definition) is 10. The van der Waals surface area contributed by atoms with E-state index in [4.69, 9.17) is 4.74 Å². The van der Waals surface area contributed by atoms with Crippen molar-refractivity contribution < 1.29 is 29.0 Å². The first-order chi connectivity index (χ1) is 23.9. The van der Waals surface area contributed by atoms with E-state index in [9.17, 15) is 24.3 Å². The lowest BCUT2D eigenvalue weighted by Gasteiger charge is -2.35. The maximum absolute atomic E-state index is 14.5. The Hall–Kier alpha value is -2.43. The molecule has 0 aromatic carbocycles. The predicted octanol–water partition coefficient (Wildman–Crippen LogP) is 1.83. The summed E-state index contributed by atoms with van der Waals surface area (Å²) in [4.78, 5) is 55.9. The molecule has 6 aliphatic rings. The number of nitrogens with zero attached hydrogens (tertiary/aromatic N) is 2. The molecule has 0 bridgehead atoms. The molecule has 15 heteroatoms. The Bertz CT molecular complexity index is 1280. The smallest absolute Gasteiger partial charge is 0.330 e. The van der Waals surface area contributed by atoms with Gasteiger partial charge in [-0.15, -0.1) is 11.8 Å². The Labute approximate surface area is 300 Å². The average molecular weight is 719 g/mol. The van der Waals surface area contributed by atoms with Crippen LogP contribution >= 0.6 is 11.8 Å². The van der Waals surface area contributed by atoms with E-state index < -0.39 is 41.1 Å². The molecule has 6 rings (SSSR count). The molecule has 7 N–H and O–H groups in total. The van der Waals surface area contributed by atoms with Gasteiger partial charge >= 0.3 is 12.0 Å². The molecule has 2 saturated carbocycles. The van der Waals surface area contributed by atoms with Crippen molar-refractivity contribution in [3.63, 3.8) is 0 Å². The largest absolute Gasteiger partial charge is 0.479 e. The SMILES string of the molecule is COC1CCC(C2NN([C@@H]3C[C@H]4C(=O)N[C@]5(C(=O)O)C[C@H]5/C=C\CCCCC[C@H](NC(=O)NC(C)(C)C)C(=O)N4C3)NC2C2NCCS2)CC1. The number of hydrogen-bond donors (Lipinski definition) is 7. The van der Waals surface area contributed by atoms with Gasteiger partial charge in [-0.2, -0.15) is 5.12 Å². The van der Waals surface area contributed by atoms with Crippen LogP contribution in [0, 0.1) is 11.8 Å². The van der Waals surface area contributed by atoms with Crippen LogP contribution in [0.15, 0.2) is 12.2 Å². The third-order valence-electron chi connectivity index (χ3n) is 11.4. The monoisotopic (exact) mass is 718 g/mol. The zero-order valence-electron chi connectivity index (χ0n) is 30.0. The molecule has 8 atom stereocenters. The van der Waals surface area contributed by atoms with E-state index in [2.05, 4.69) is 32.1 Å². The van der Waals surface area contributed by atoms with Gasteiger partial charge in [0.2, 0.25) is 11.8 Å². The van der Waals surface area contributed by atoms with Crippen molar-refractivity contribution in [1.82, 2.24) is 42.1 Å². The maximum atomic E-state index is 14.5. The topological polar surface area (TPSA) is 176 Å². The predicted molar refractivity (Wildman–Crippen MR) is 191 cm³/mol. The number of nitrogens with one attached hydrogen (secondary N) is 6. The number of ether oxygens (including phenoxy) is 1. The highest BCUT2D eigenvalue weighted by molar-refractivity contribution is 8.00. The summed E-state index contributed by atoms with van der Waals surface area (Å²) in [6.45, 7) is 6.84. The van der Waals surface area contributed by atoms with E-state index in [0.29, 0.717) is 31.3 Å². The Morgan fingerprint density at radius 3 is 2.50 bits per heavy atom. The fraction of sp³-hybridized carbons (Fsp3) is 0.829. The van der Waals surface area contributed by atoms with E-state index in [0.717, 1.165) is 63.7 Å². The van der Waals surface area contributed by atoms with Gasteiger partial charge in [-0.1, -0.05) is 25.0 Å². The van der Waals surface area contributed by atoms with Crippen LogP contribution in [0.5, 0.6) is 0 Å². The summed E-state index contributed by atoms with van der Waals surface area (Å²) in [6, 6.07) is -2.15. The number of carbonyl (C=O) groups excluding carboxylic acids is 3. The Morgan fingerprint density at radius 1 is 1.06 bits per heavy atom. The molecule has 0 radical (unpaired) electrons. The first-order valence-electron chi connectivity index (χ1n) is 18.7. The molecular weight excluding hydrogens is 661 g/mol. The van der Waals surface area contributed by atoms with Crippen LogP contribution in [0.25, 0.3) is 0 Å². The number of thioether (sulfide) groups is 1. The Morgan fingerprint density at radius 2 is 1.82 bits per heavy atom. The molecule has 2 aliphatic carbocycles. The molecule has 4 heterocycles. The Kier molecular flexibility index (Phi) is 11.7. The summed E-state index contributed by atoms with van der Waals surface area (Å²) in [5, 5.41) is 24.9. The molecule has 280 valence electrons. The van der Waals surface area contributed by atoms with Gasteiger partial charge in [-0.25, -0.2) is 20.4 Å². The fourth-order valence-electron chi connectivity index (χ4n) is 8.54. The van der Waals surface area contributed by atoms with Gasteiger partial charge in [0, 0.05) is 43.5 Å². The highest BCUT2D eigenvalue weighted by Gasteiger charge is 2.61. The van der Waals surface area contributed by atoms with Crippen molar-refractivity contribution in [3.8, 4) is 0 Å². The lowest BCUT2D eigenvalue weighted by atomic mass is 9.80. The van der Waals surface area contributed by atoms with Crippen LogP contribution in [0.1, 0.15) is 91.4 Å². The van der Waals surface area contributed by atoms with Crippen LogP contribution in [0.3, 0.4) is 0 Å². The summed E-state index contributed by atoms with van der Waals surface area (Å²) in [5.41, 5.74) is 5.67. The number of hydrazine groups is 2. The molecule has 0 spiro atoms. The first kappa shape index (κ1) is 37.3. The average Bonchev–Trinajstić information content (AvgIpc) is 3.52. The fourth-order valence-corrected chi connectivity index (χ4v) is 9.71. The summed E-state index contributed by atoms with van der Waals surface area (Å²) in [5.74, 6) is -0.662. The quantitative estimate of drug-likeness (QED) is 0.200. The number of amides is 4.